The molecule has 9 nitrogen and oxygen atoms in total. The van der Waals surface area contributed by atoms with Gasteiger partial charge in [-0.05, 0) is 0 Å². The maximum atomic E-state index is 9.63. The van der Waals surface area contributed by atoms with Crippen LogP contribution in [0.5, 0.6) is 0 Å². The average Bonchev–Trinajstić information content (AvgIpc) is 1.14. The van der Waals surface area contributed by atoms with E-state index in [9.17, 15) is 9.13 Å². The standard InChI is InChI=1S/5Ca.H4O7P2.2H2O.10H/c;;;;;1-8(2,3)7-9(4,5)6;;;;;;;;;;;;/h;;;;;(H2,1,2,3)(H2,4,5,6);2*1H2;;;;;;;;;;/q5*+2;;;;10*-1. The van der Waals surface area contributed by atoms with Gasteiger partial charge >= 0.3 is 204 Å². The van der Waals surface area contributed by atoms with Gasteiger partial charge in [0.2, 0.25) is 0 Å². The van der Waals surface area contributed by atoms with Crippen molar-refractivity contribution in [2.75, 3.05) is 0 Å². The van der Waals surface area contributed by atoms with Gasteiger partial charge in [-0.2, -0.15) is 4.31 Å². The van der Waals surface area contributed by atoms with Gasteiger partial charge in [0, 0.05) is 0 Å². The topological polar surface area (TPSA) is 187 Å². The van der Waals surface area contributed by atoms with E-state index < -0.39 is 15.6 Å². The summed E-state index contributed by atoms with van der Waals surface area (Å²) in [5.74, 6) is 0. The minimum absolute atomic E-state index is 0. The molecule has 0 aliphatic heterocycles. The summed E-state index contributed by atoms with van der Waals surface area (Å²) in [6, 6.07) is 0. The Kier molecular flexibility index (Phi) is 73.4. The summed E-state index contributed by atoms with van der Waals surface area (Å²) in [5, 5.41) is 0. The Bertz CT molecular complexity index is 187. The van der Waals surface area contributed by atoms with Crippen molar-refractivity contribution in [1.29, 1.82) is 0 Å². The first-order valence-corrected chi connectivity index (χ1v) is 4.59. The zero-order chi connectivity index (χ0) is 7.71. The largest absolute Gasteiger partial charge is 2.00 e. The van der Waals surface area contributed by atoms with Gasteiger partial charge in [0.1, 0.15) is 0 Å². The van der Waals surface area contributed by atoms with Gasteiger partial charge in [0.15, 0.2) is 0 Å². The molecule has 0 aliphatic rings. The van der Waals surface area contributed by atoms with E-state index in [4.69, 9.17) is 19.6 Å². The third-order valence-electron chi connectivity index (χ3n) is 0.213. The molecule has 0 heterocycles. The van der Waals surface area contributed by atoms with Crippen LogP contribution in [0, 0.1) is 0 Å². The van der Waals surface area contributed by atoms with E-state index in [1.165, 1.54) is 0 Å². The van der Waals surface area contributed by atoms with Crippen molar-refractivity contribution in [2.24, 2.45) is 0 Å². The summed E-state index contributed by atoms with van der Waals surface area (Å²) >= 11 is 0. The molecule has 8 N–H and O–H groups in total. The fraction of sp³-hybridized carbons (Fsp3) is 0. The summed E-state index contributed by atoms with van der Waals surface area (Å²) in [5.41, 5.74) is 0. The van der Waals surface area contributed by atoms with Gasteiger partial charge in [-0.25, -0.2) is 9.13 Å². The van der Waals surface area contributed by atoms with Crippen molar-refractivity contribution in [3.63, 3.8) is 0 Å². The molecule has 0 atom stereocenters. The molecule has 0 fully saturated rings. The van der Waals surface area contributed by atoms with Crippen molar-refractivity contribution in [3.05, 3.63) is 0 Å². The molecule has 16 heteroatoms. The summed E-state index contributed by atoms with van der Waals surface area (Å²) in [6.07, 6.45) is 0. The molecule has 0 aromatic heterocycles. The molecule has 0 rings (SSSR count). The molecule has 0 aliphatic carbocycles. The van der Waals surface area contributed by atoms with E-state index in [2.05, 4.69) is 4.31 Å². The molecular weight excluding hydrogens is 406 g/mol. The van der Waals surface area contributed by atoms with Crippen LogP contribution in [-0.2, 0) is 13.4 Å². The summed E-state index contributed by atoms with van der Waals surface area (Å²) in [4.78, 5) is 31.0. The molecule has 0 saturated heterocycles. The van der Waals surface area contributed by atoms with Crippen molar-refractivity contribution in [1.82, 2.24) is 0 Å². The first kappa shape index (κ1) is 49.5. The van der Waals surface area contributed by atoms with Gasteiger partial charge in [0.05, 0.1) is 0 Å². The number of hydrogen-bond acceptors (Lipinski definition) is 3. The maximum Gasteiger partial charge on any atom is 2.00 e. The van der Waals surface area contributed by atoms with Gasteiger partial charge in [0.25, 0.3) is 0 Å². The SMILES string of the molecule is O.O.O=P(O)(O)OP(=O)(O)O.[Ca+2].[Ca+2].[Ca+2].[Ca+2].[Ca+2].[H-].[H-].[H-].[H-].[H-].[H-].[H-].[H-].[H-].[H-]. The molecule has 0 radical (unpaired) electrons. The fourth-order valence-electron chi connectivity index (χ4n) is 0.139. The van der Waals surface area contributed by atoms with Crippen LogP contribution in [0.1, 0.15) is 14.3 Å². The molecule has 0 aromatic carbocycles. The van der Waals surface area contributed by atoms with Gasteiger partial charge in [-0.15, -0.1) is 0 Å². The van der Waals surface area contributed by atoms with Crippen LogP contribution in [0.25, 0.3) is 0 Å². The third-order valence-corrected chi connectivity index (χ3v) is 1.91. The molecule has 0 aromatic rings. The van der Waals surface area contributed by atoms with Crippen molar-refractivity contribution >= 4 is 204 Å². The Morgan fingerprint density at radius 1 is 0.688 bits per heavy atom. The second kappa shape index (κ2) is 23.7. The van der Waals surface area contributed by atoms with E-state index in [-0.39, 0.29) is 214 Å². The predicted molar refractivity (Wildman–Crippen MR) is 72.3 cm³/mol. The fourth-order valence-corrected chi connectivity index (χ4v) is 1.25. The first-order chi connectivity index (χ1) is 3.71. The van der Waals surface area contributed by atoms with E-state index in [0.717, 1.165) is 0 Å². The zero-order valence-electron chi connectivity index (χ0n) is 18.4. The monoisotopic (exact) mass is 424 g/mol. The van der Waals surface area contributed by atoms with Crippen LogP contribution in [0.3, 0.4) is 0 Å². The van der Waals surface area contributed by atoms with Crippen molar-refractivity contribution in [2.45, 2.75) is 0 Å². The molecule has 0 saturated carbocycles. The first-order valence-electron chi connectivity index (χ1n) is 1.53. The summed E-state index contributed by atoms with van der Waals surface area (Å²) < 4.78 is 22.2. The maximum absolute atomic E-state index is 9.63. The molecule has 0 spiro atoms. The van der Waals surface area contributed by atoms with Gasteiger partial charge in [-0.3, -0.25) is 0 Å². The normalized spacial score (nSPS) is 7.75. The Balaban J connectivity index is -0.00000000235. The predicted octanol–water partition coefficient (Wildman–Crippen LogP) is -3.24. The van der Waals surface area contributed by atoms with Crippen LogP contribution >= 0.6 is 15.6 Å². The van der Waals surface area contributed by atoms with E-state index in [1.54, 1.807) is 0 Å². The van der Waals surface area contributed by atoms with Gasteiger partial charge in [-0.1, -0.05) is 0 Å². The minimum Gasteiger partial charge on any atom is -1.00 e. The molecule has 92 valence electrons. The van der Waals surface area contributed by atoms with Crippen molar-refractivity contribution in [3.8, 4) is 0 Å². The van der Waals surface area contributed by atoms with Crippen molar-refractivity contribution < 1.29 is 58.2 Å². The van der Waals surface area contributed by atoms with Crippen LogP contribution in [0.2, 0.25) is 0 Å². The molecule has 0 unspecified atom stereocenters. The smallest absolute Gasteiger partial charge is 1.00 e. The third kappa shape index (κ3) is 49.9. The van der Waals surface area contributed by atoms with E-state index in [1.807, 2.05) is 0 Å². The van der Waals surface area contributed by atoms with E-state index >= 15 is 0 Å². The summed E-state index contributed by atoms with van der Waals surface area (Å²) in [7, 11) is -10.1. The average molecular weight is 424 g/mol. The molecular formula is H18Ca5O9P2. The second-order valence-electron chi connectivity index (χ2n) is 1.06. The Morgan fingerprint density at radius 2 is 0.812 bits per heavy atom. The Labute approximate surface area is 256 Å². The molecule has 0 amide bonds. The number of rotatable bonds is 2. The van der Waals surface area contributed by atoms with Gasteiger partial charge < -0.3 is 44.8 Å². The Morgan fingerprint density at radius 3 is 0.812 bits per heavy atom. The van der Waals surface area contributed by atoms with Crippen LogP contribution in [0.4, 0.5) is 0 Å². The second-order valence-corrected chi connectivity index (χ2v) is 3.68. The molecule has 0 bridgehead atoms. The van der Waals surface area contributed by atoms with Crippen LogP contribution < -0.4 is 0 Å². The summed E-state index contributed by atoms with van der Waals surface area (Å²) in [6.45, 7) is 0. The quantitative estimate of drug-likeness (QED) is 0.265. The van der Waals surface area contributed by atoms with Crippen LogP contribution in [0.15, 0.2) is 0 Å². The zero-order valence-corrected chi connectivity index (χ0v) is 21.3. The molecule has 16 heavy (non-hydrogen) atoms. The van der Waals surface area contributed by atoms with E-state index in [0.29, 0.717) is 0 Å². The number of hydrogen-bond donors (Lipinski definition) is 4. The minimum atomic E-state index is -5.05. The van der Waals surface area contributed by atoms with Crippen LogP contribution in [-0.4, -0.2) is 219 Å². The number of phosphoric acid groups is 2. The Hall–Kier alpha value is 6.48.